The van der Waals surface area contributed by atoms with E-state index in [9.17, 15) is 13.9 Å². The fourth-order valence-corrected chi connectivity index (χ4v) is 2.13. The normalized spacial score (nSPS) is 11.0. The van der Waals surface area contributed by atoms with Crippen LogP contribution in [-0.2, 0) is 0 Å². The Hall–Kier alpha value is -0.920. The minimum absolute atomic E-state index is 0.122. The van der Waals surface area contributed by atoms with Gasteiger partial charge in [-0.05, 0) is 44.0 Å². The van der Waals surface area contributed by atoms with Gasteiger partial charge in [0, 0.05) is 32.5 Å². The summed E-state index contributed by atoms with van der Waals surface area (Å²) in [7, 11) is 0. The lowest BCUT2D eigenvalue weighted by atomic mass is 10.0. The molecule has 3 nitrogen and oxygen atoms in total. The van der Waals surface area contributed by atoms with Crippen LogP contribution in [0, 0.1) is 11.9 Å². The monoisotopic (exact) mass is 378 g/mol. The SMILES string of the molecule is OC(c1cc(Br)cnc1F)c1cc(Br)cnc1F. The highest BCUT2D eigenvalue weighted by Gasteiger charge is 2.20. The van der Waals surface area contributed by atoms with E-state index in [1.54, 1.807) is 0 Å². The largest absolute Gasteiger partial charge is 0.383 e. The number of halogens is 4. The number of nitrogens with zero attached hydrogens (tertiary/aromatic N) is 2. The average Bonchev–Trinajstić information content (AvgIpc) is 2.34. The third-order valence-corrected chi connectivity index (χ3v) is 3.12. The molecule has 18 heavy (non-hydrogen) atoms. The summed E-state index contributed by atoms with van der Waals surface area (Å²) in [6.45, 7) is 0. The number of aliphatic hydroxyl groups is 1. The summed E-state index contributed by atoms with van der Waals surface area (Å²) < 4.78 is 28.0. The summed E-state index contributed by atoms with van der Waals surface area (Å²) in [5.74, 6) is -1.71. The van der Waals surface area contributed by atoms with Gasteiger partial charge in [0.05, 0.1) is 0 Å². The number of aliphatic hydroxyl groups excluding tert-OH is 1. The number of aromatic nitrogens is 2. The second-order valence-corrected chi connectivity index (χ2v) is 5.30. The van der Waals surface area contributed by atoms with Crippen molar-refractivity contribution in [1.29, 1.82) is 0 Å². The van der Waals surface area contributed by atoms with Gasteiger partial charge in [-0.25, -0.2) is 9.97 Å². The second-order valence-electron chi connectivity index (χ2n) is 3.47. The van der Waals surface area contributed by atoms with Gasteiger partial charge < -0.3 is 5.11 Å². The Kier molecular flexibility index (Phi) is 4.04. The lowest BCUT2D eigenvalue weighted by molar-refractivity contribution is 0.207. The first kappa shape index (κ1) is 13.5. The number of pyridine rings is 2. The van der Waals surface area contributed by atoms with E-state index in [2.05, 4.69) is 41.8 Å². The van der Waals surface area contributed by atoms with E-state index in [-0.39, 0.29) is 11.1 Å². The van der Waals surface area contributed by atoms with Gasteiger partial charge in [-0.2, -0.15) is 8.78 Å². The highest BCUT2D eigenvalue weighted by atomic mass is 79.9. The first-order valence-electron chi connectivity index (χ1n) is 4.79. The van der Waals surface area contributed by atoms with Crippen LogP contribution in [-0.4, -0.2) is 15.1 Å². The molecule has 1 N–H and O–H groups in total. The molecule has 2 aromatic rings. The van der Waals surface area contributed by atoms with E-state index in [1.807, 2.05) is 0 Å². The summed E-state index contributed by atoms with van der Waals surface area (Å²) in [5.41, 5.74) is -0.244. The third-order valence-electron chi connectivity index (χ3n) is 2.25. The quantitative estimate of drug-likeness (QED) is 0.814. The molecule has 0 radical (unpaired) electrons. The van der Waals surface area contributed by atoms with Crippen molar-refractivity contribution in [3.05, 3.63) is 56.5 Å². The summed E-state index contributed by atoms with van der Waals surface area (Å²) in [4.78, 5) is 6.90. The molecule has 2 rings (SSSR count). The van der Waals surface area contributed by atoms with E-state index >= 15 is 0 Å². The molecule has 0 atom stereocenters. The zero-order valence-electron chi connectivity index (χ0n) is 8.74. The predicted molar refractivity (Wildman–Crippen MR) is 67.9 cm³/mol. The molecule has 0 aliphatic heterocycles. The Balaban J connectivity index is 2.50. The number of rotatable bonds is 2. The van der Waals surface area contributed by atoms with Gasteiger partial charge >= 0.3 is 0 Å². The Bertz CT molecular complexity index is 544. The molecule has 0 aliphatic rings. The zero-order valence-corrected chi connectivity index (χ0v) is 11.9. The van der Waals surface area contributed by atoms with Crippen molar-refractivity contribution in [2.75, 3.05) is 0 Å². The van der Waals surface area contributed by atoms with E-state index < -0.39 is 18.0 Å². The molecular weight excluding hydrogens is 374 g/mol. The molecule has 0 amide bonds. The molecule has 7 heteroatoms. The summed E-state index contributed by atoms with van der Waals surface area (Å²) in [5, 5.41) is 10.0. The standard InChI is InChI=1S/C11H6Br2F2N2O/c12-5-1-7(10(14)16-3-5)9(18)8-2-6(13)4-17-11(8)15/h1-4,9,18H. The fraction of sp³-hybridized carbons (Fsp3) is 0.0909. The smallest absolute Gasteiger partial charge is 0.219 e. The maximum Gasteiger partial charge on any atom is 0.219 e. The number of hydrogen-bond acceptors (Lipinski definition) is 3. The van der Waals surface area contributed by atoms with Crippen LogP contribution in [0.4, 0.5) is 8.78 Å². The van der Waals surface area contributed by atoms with Crippen LogP contribution < -0.4 is 0 Å². The van der Waals surface area contributed by atoms with Crippen LogP contribution >= 0.6 is 31.9 Å². The maximum absolute atomic E-state index is 13.5. The lowest BCUT2D eigenvalue weighted by Crippen LogP contribution is -2.07. The number of hydrogen-bond donors (Lipinski definition) is 1. The van der Waals surface area contributed by atoms with Gasteiger partial charge in [0.1, 0.15) is 6.10 Å². The topological polar surface area (TPSA) is 46.0 Å². The zero-order chi connectivity index (χ0) is 13.3. The lowest BCUT2D eigenvalue weighted by Gasteiger charge is -2.12. The van der Waals surface area contributed by atoms with Crippen molar-refractivity contribution in [2.45, 2.75) is 6.10 Å². The second kappa shape index (κ2) is 5.38. The van der Waals surface area contributed by atoms with Crippen LogP contribution in [0.25, 0.3) is 0 Å². The van der Waals surface area contributed by atoms with E-state index in [0.29, 0.717) is 8.95 Å². The van der Waals surface area contributed by atoms with Gasteiger partial charge in [0.2, 0.25) is 11.9 Å². The van der Waals surface area contributed by atoms with Crippen LogP contribution in [0.3, 0.4) is 0 Å². The van der Waals surface area contributed by atoms with Gasteiger partial charge in [0.15, 0.2) is 0 Å². The van der Waals surface area contributed by atoms with Gasteiger partial charge in [0.25, 0.3) is 0 Å². The molecule has 0 bridgehead atoms. The molecule has 0 unspecified atom stereocenters. The van der Waals surface area contributed by atoms with Crippen molar-refractivity contribution >= 4 is 31.9 Å². The molecular formula is C11H6Br2F2N2O. The van der Waals surface area contributed by atoms with E-state index in [1.165, 1.54) is 24.5 Å². The molecule has 0 spiro atoms. The Morgan fingerprint density at radius 3 is 1.72 bits per heavy atom. The Morgan fingerprint density at radius 1 is 0.944 bits per heavy atom. The summed E-state index contributed by atoms with van der Waals surface area (Å²) in [6.07, 6.45) is 1.03. The molecule has 2 aromatic heterocycles. The Labute approximate surface area is 118 Å². The van der Waals surface area contributed by atoms with E-state index in [0.717, 1.165) is 0 Å². The average molecular weight is 380 g/mol. The first-order valence-corrected chi connectivity index (χ1v) is 6.37. The van der Waals surface area contributed by atoms with Crippen molar-refractivity contribution < 1.29 is 13.9 Å². The molecule has 2 heterocycles. The summed E-state index contributed by atoms with van der Waals surface area (Å²) >= 11 is 6.22. The van der Waals surface area contributed by atoms with Crippen LogP contribution in [0.15, 0.2) is 33.5 Å². The van der Waals surface area contributed by atoms with Crippen molar-refractivity contribution in [1.82, 2.24) is 9.97 Å². The van der Waals surface area contributed by atoms with Crippen molar-refractivity contribution in [3.8, 4) is 0 Å². The van der Waals surface area contributed by atoms with Gasteiger partial charge in [-0.3, -0.25) is 0 Å². The van der Waals surface area contributed by atoms with Crippen LogP contribution in [0.1, 0.15) is 17.2 Å². The van der Waals surface area contributed by atoms with E-state index in [4.69, 9.17) is 0 Å². The third kappa shape index (κ3) is 2.73. The highest BCUT2D eigenvalue weighted by Crippen LogP contribution is 2.28. The van der Waals surface area contributed by atoms with Gasteiger partial charge in [-0.15, -0.1) is 0 Å². The van der Waals surface area contributed by atoms with Crippen molar-refractivity contribution in [3.63, 3.8) is 0 Å². The minimum atomic E-state index is -1.47. The Morgan fingerprint density at radius 2 is 1.33 bits per heavy atom. The molecule has 0 aromatic carbocycles. The highest BCUT2D eigenvalue weighted by molar-refractivity contribution is 9.10. The first-order chi connectivity index (χ1) is 8.49. The van der Waals surface area contributed by atoms with Crippen LogP contribution in [0.5, 0.6) is 0 Å². The minimum Gasteiger partial charge on any atom is -0.383 e. The maximum atomic E-state index is 13.5. The molecule has 0 saturated heterocycles. The molecule has 94 valence electrons. The molecule has 0 aliphatic carbocycles. The predicted octanol–water partition coefficient (Wildman–Crippen LogP) is 3.36. The van der Waals surface area contributed by atoms with Crippen molar-refractivity contribution in [2.24, 2.45) is 0 Å². The molecule has 0 saturated carbocycles. The molecule has 0 fully saturated rings. The fourth-order valence-electron chi connectivity index (χ4n) is 1.43. The summed E-state index contributed by atoms with van der Waals surface area (Å²) in [6, 6.07) is 2.68. The van der Waals surface area contributed by atoms with Gasteiger partial charge in [-0.1, -0.05) is 0 Å². The van der Waals surface area contributed by atoms with Crippen LogP contribution in [0.2, 0.25) is 0 Å².